The molecule has 0 saturated carbocycles. The van der Waals surface area contributed by atoms with Crippen LogP contribution in [0.25, 0.3) is 0 Å². The van der Waals surface area contributed by atoms with Crippen molar-refractivity contribution in [3.05, 3.63) is 82.9 Å². The van der Waals surface area contributed by atoms with E-state index in [-0.39, 0.29) is 5.78 Å². The van der Waals surface area contributed by atoms with Gasteiger partial charge in [-0.25, -0.2) is 0 Å². The summed E-state index contributed by atoms with van der Waals surface area (Å²) < 4.78 is 5.77. The normalized spacial score (nSPS) is 24.5. The fourth-order valence-corrected chi connectivity index (χ4v) is 2.79. The first-order valence-electron chi connectivity index (χ1n) is 7.26. The standard InChI is InChI=1S/C19H18O3/c1-13-8-9-16(12-14(13)2)19(15-6-4-3-5-7-15)17(20)10-11-18(21)22-19/h3-12,18,21H,1-2H3/t18-,19+/m1/s1. The van der Waals surface area contributed by atoms with Gasteiger partial charge in [-0.3, -0.25) is 4.79 Å². The second-order valence-electron chi connectivity index (χ2n) is 5.58. The molecule has 2 aromatic rings. The maximum Gasteiger partial charge on any atom is 0.196 e. The van der Waals surface area contributed by atoms with E-state index in [4.69, 9.17) is 4.74 Å². The molecule has 22 heavy (non-hydrogen) atoms. The molecule has 0 amide bonds. The zero-order valence-corrected chi connectivity index (χ0v) is 12.6. The number of hydrogen-bond donors (Lipinski definition) is 1. The Kier molecular flexibility index (Phi) is 3.69. The van der Waals surface area contributed by atoms with Crippen molar-refractivity contribution in [3.8, 4) is 0 Å². The average Bonchev–Trinajstić information content (AvgIpc) is 2.53. The summed E-state index contributed by atoms with van der Waals surface area (Å²) in [4.78, 5) is 12.7. The lowest BCUT2D eigenvalue weighted by Crippen LogP contribution is -2.44. The van der Waals surface area contributed by atoms with Crippen molar-refractivity contribution in [2.75, 3.05) is 0 Å². The van der Waals surface area contributed by atoms with E-state index in [0.717, 1.165) is 16.7 Å². The van der Waals surface area contributed by atoms with Gasteiger partial charge in [-0.1, -0.05) is 48.5 Å². The second kappa shape index (κ2) is 5.52. The Bertz CT molecular complexity index is 734. The van der Waals surface area contributed by atoms with Gasteiger partial charge in [0, 0.05) is 0 Å². The number of hydrogen-bond acceptors (Lipinski definition) is 3. The number of carbonyl (C=O) groups excluding carboxylic acids is 1. The van der Waals surface area contributed by atoms with Crippen LogP contribution < -0.4 is 0 Å². The van der Waals surface area contributed by atoms with Gasteiger partial charge in [-0.15, -0.1) is 0 Å². The van der Waals surface area contributed by atoms with Crippen LogP contribution in [0.1, 0.15) is 22.3 Å². The van der Waals surface area contributed by atoms with E-state index in [1.54, 1.807) is 0 Å². The number of ether oxygens (including phenoxy) is 1. The van der Waals surface area contributed by atoms with E-state index in [9.17, 15) is 9.90 Å². The Morgan fingerprint density at radius 1 is 1.00 bits per heavy atom. The number of ketones is 1. The SMILES string of the molecule is Cc1ccc([C@]2(c3ccccc3)O[C@@H](O)C=CC2=O)cc1C. The molecular weight excluding hydrogens is 276 g/mol. The molecule has 3 heteroatoms. The molecule has 0 fully saturated rings. The molecule has 112 valence electrons. The largest absolute Gasteiger partial charge is 0.365 e. The monoisotopic (exact) mass is 294 g/mol. The lowest BCUT2D eigenvalue weighted by molar-refractivity contribution is -0.170. The van der Waals surface area contributed by atoms with E-state index >= 15 is 0 Å². The van der Waals surface area contributed by atoms with Crippen molar-refractivity contribution in [1.82, 2.24) is 0 Å². The van der Waals surface area contributed by atoms with E-state index in [2.05, 4.69) is 0 Å². The van der Waals surface area contributed by atoms with Crippen molar-refractivity contribution in [3.63, 3.8) is 0 Å². The van der Waals surface area contributed by atoms with Crippen LogP contribution in [0.5, 0.6) is 0 Å². The van der Waals surface area contributed by atoms with Crippen molar-refractivity contribution >= 4 is 5.78 Å². The molecule has 0 unspecified atom stereocenters. The fourth-order valence-electron chi connectivity index (χ4n) is 2.79. The summed E-state index contributed by atoms with van der Waals surface area (Å²) in [7, 11) is 0. The molecule has 0 aromatic heterocycles. The summed E-state index contributed by atoms with van der Waals surface area (Å²) in [5, 5.41) is 9.95. The third-order valence-electron chi connectivity index (χ3n) is 4.15. The number of rotatable bonds is 2. The Morgan fingerprint density at radius 2 is 1.73 bits per heavy atom. The van der Waals surface area contributed by atoms with Crippen molar-refractivity contribution in [1.29, 1.82) is 0 Å². The molecule has 1 aliphatic rings. The molecule has 2 atom stereocenters. The number of carbonyl (C=O) groups is 1. The van der Waals surface area contributed by atoms with Gasteiger partial charge in [-0.05, 0) is 48.3 Å². The van der Waals surface area contributed by atoms with Crippen molar-refractivity contribution in [2.24, 2.45) is 0 Å². The maximum absolute atomic E-state index is 12.7. The summed E-state index contributed by atoms with van der Waals surface area (Å²) in [5.41, 5.74) is 2.37. The van der Waals surface area contributed by atoms with Crippen LogP contribution in [0.4, 0.5) is 0 Å². The summed E-state index contributed by atoms with van der Waals surface area (Å²) in [6, 6.07) is 15.1. The van der Waals surface area contributed by atoms with Crippen LogP contribution in [0.3, 0.4) is 0 Å². The van der Waals surface area contributed by atoms with Crippen LogP contribution in [-0.4, -0.2) is 17.2 Å². The van der Waals surface area contributed by atoms with E-state index in [1.165, 1.54) is 12.2 Å². The maximum atomic E-state index is 12.7. The highest BCUT2D eigenvalue weighted by Crippen LogP contribution is 2.39. The number of aliphatic hydroxyl groups is 1. The highest BCUT2D eigenvalue weighted by atomic mass is 16.6. The second-order valence-corrected chi connectivity index (χ2v) is 5.58. The Morgan fingerprint density at radius 3 is 2.41 bits per heavy atom. The zero-order valence-electron chi connectivity index (χ0n) is 12.6. The smallest absolute Gasteiger partial charge is 0.196 e. The molecule has 0 saturated heterocycles. The van der Waals surface area contributed by atoms with Crippen LogP contribution in [-0.2, 0) is 15.1 Å². The lowest BCUT2D eigenvalue weighted by atomic mass is 9.80. The van der Waals surface area contributed by atoms with Crippen LogP contribution in [0.15, 0.2) is 60.7 Å². The Balaban J connectivity index is 2.26. The van der Waals surface area contributed by atoms with Gasteiger partial charge in [0.25, 0.3) is 0 Å². The number of benzene rings is 2. The van der Waals surface area contributed by atoms with Gasteiger partial charge in [-0.2, -0.15) is 0 Å². The van der Waals surface area contributed by atoms with Crippen molar-refractivity contribution < 1.29 is 14.6 Å². The van der Waals surface area contributed by atoms with E-state index in [1.807, 2.05) is 62.4 Å². The minimum Gasteiger partial charge on any atom is -0.365 e. The first-order chi connectivity index (χ1) is 10.5. The average molecular weight is 294 g/mol. The quantitative estimate of drug-likeness (QED) is 0.926. The lowest BCUT2D eigenvalue weighted by Gasteiger charge is -2.36. The molecule has 1 heterocycles. The molecule has 0 aliphatic carbocycles. The number of aryl methyl sites for hydroxylation is 2. The van der Waals surface area contributed by atoms with Gasteiger partial charge in [0.05, 0.1) is 0 Å². The van der Waals surface area contributed by atoms with Gasteiger partial charge >= 0.3 is 0 Å². The highest BCUT2D eigenvalue weighted by Gasteiger charge is 2.45. The highest BCUT2D eigenvalue weighted by molar-refractivity contribution is 6.01. The predicted octanol–water partition coefficient (Wildman–Crippen LogP) is 3.02. The molecular formula is C19H18O3. The third kappa shape index (κ3) is 2.28. The molecule has 2 aromatic carbocycles. The molecule has 0 radical (unpaired) electrons. The molecule has 3 nitrogen and oxygen atoms in total. The fraction of sp³-hybridized carbons (Fsp3) is 0.211. The number of aliphatic hydroxyl groups excluding tert-OH is 1. The summed E-state index contributed by atoms with van der Waals surface area (Å²) >= 11 is 0. The zero-order chi connectivity index (χ0) is 15.7. The Labute approximate surface area is 129 Å². The van der Waals surface area contributed by atoms with Gasteiger partial charge in [0.2, 0.25) is 0 Å². The molecule has 1 N–H and O–H groups in total. The topological polar surface area (TPSA) is 46.5 Å². The van der Waals surface area contributed by atoms with Crippen LogP contribution in [0, 0.1) is 13.8 Å². The predicted molar refractivity (Wildman–Crippen MR) is 84.4 cm³/mol. The van der Waals surface area contributed by atoms with Crippen LogP contribution >= 0.6 is 0 Å². The third-order valence-corrected chi connectivity index (χ3v) is 4.15. The van der Waals surface area contributed by atoms with E-state index < -0.39 is 11.9 Å². The summed E-state index contributed by atoms with van der Waals surface area (Å²) in [6.07, 6.45) is 1.65. The van der Waals surface area contributed by atoms with Gasteiger partial charge in [0.1, 0.15) is 0 Å². The minimum atomic E-state index is -1.30. The Hall–Kier alpha value is -2.23. The van der Waals surface area contributed by atoms with Crippen LogP contribution in [0.2, 0.25) is 0 Å². The summed E-state index contributed by atoms with van der Waals surface area (Å²) in [5.74, 6) is -0.188. The first-order valence-corrected chi connectivity index (χ1v) is 7.26. The molecule has 0 bridgehead atoms. The molecule has 0 spiro atoms. The minimum absolute atomic E-state index is 0.188. The van der Waals surface area contributed by atoms with E-state index in [0.29, 0.717) is 5.56 Å². The first kappa shape index (κ1) is 14.7. The van der Waals surface area contributed by atoms with Gasteiger partial charge in [0.15, 0.2) is 17.7 Å². The van der Waals surface area contributed by atoms with Crippen molar-refractivity contribution in [2.45, 2.75) is 25.7 Å². The molecule has 1 aliphatic heterocycles. The molecule has 3 rings (SSSR count). The summed E-state index contributed by atoms with van der Waals surface area (Å²) in [6.45, 7) is 4.02. The van der Waals surface area contributed by atoms with Gasteiger partial charge < -0.3 is 9.84 Å².